The number of hydrogen-bond acceptors (Lipinski definition) is 8. The summed E-state index contributed by atoms with van der Waals surface area (Å²) in [6, 6.07) is 0. The normalized spacial score (nSPS) is 14.1. The molecule has 9 nitrogen and oxygen atoms in total. The molecular formula is C70H107NO8. The lowest BCUT2D eigenvalue weighted by Gasteiger charge is -2.26. The number of allylic oxidation sites excluding steroid dienone is 30. The fourth-order valence-corrected chi connectivity index (χ4v) is 7.12. The molecule has 0 aromatic heterocycles. The topological polar surface area (TPSA) is 111 Å². The van der Waals surface area contributed by atoms with Crippen molar-refractivity contribution in [3.8, 4) is 0 Å². The zero-order valence-corrected chi connectivity index (χ0v) is 49.9. The van der Waals surface area contributed by atoms with E-state index in [0.717, 1.165) is 141 Å². The van der Waals surface area contributed by atoms with Gasteiger partial charge in [0, 0.05) is 12.8 Å². The van der Waals surface area contributed by atoms with Crippen LogP contribution < -0.4 is 5.11 Å². The second-order valence-electron chi connectivity index (χ2n) is 20.2. The summed E-state index contributed by atoms with van der Waals surface area (Å²) in [4.78, 5) is 37.3. The van der Waals surface area contributed by atoms with Crippen molar-refractivity contribution < 1.29 is 42.9 Å². The molecule has 0 aromatic rings. The highest BCUT2D eigenvalue weighted by molar-refractivity contribution is 5.70. The minimum absolute atomic E-state index is 0.125. The average molecular weight is 1090 g/mol. The Morgan fingerprint density at radius 3 is 1.01 bits per heavy atom. The van der Waals surface area contributed by atoms with Gasteiger partial charge >= 0.3 is 11.9 Å². The van der Waals surface area contributed by atoms with Gasteiger partial charge in [-0.1, -0.05) is 215 Å². The first-order valence-corrected chi connectivity index (χ1v) is 29.9. The highest BCUT2D eigenvalue weighted by Crippen LogP contribution is 2.11. The molecule has 0 rings (SSSR count). The molecule has 0 spiro atoms. The minimum atomic E-state index is -1.65. The van der Waals surface area contributed by atoms with Crippen molar-refractivity contribution in [2.24, 2.45) is 0 Å². The summed E-state index contributed by atoms with van der Waals surface area (Å²) in [5.41, 5.74) is 0. The van der Waals surface area contributed by atoms with E-state index >= 15 is 0 Å². The van der Waals surface area contributed by atoms with Crippen molar-refractivity contribution in [2.45, 2.75) is 193 Å². The standard InChI is InChI=1S/C70H107NO8/c1-6-8-10-12-14-16-18-20-22-24-25-26-27-28-29-30-31-32-33-34-35-36-37-38-39-40-41-42-43-45-47-49-51-53-55-57-59-61-68(73)79-66(65-78-70(69(74)75)76-63-62-71(3,4)5)64-77-67(72)60-58-56-54-52-50-48-46-44-23-21-19-17-15-13-11-9-7-2/h8-11,14-17,20-23,25-26,28-29,31-32,34-35,37-38,40-41,43,45-46,48-49,51,66,70H,6-7,12-13,18-19,24,27,30,33,36,39,42,44,47,50,52-65H2,1-5H3/b10-8-,11-9-,16-14-,17-15-,22-20-,23-21-,26-25-,29-28-,32-31-,35-34-,38-37-,41-40-,45-43-,48-46-,51-49-. The fourth-order valence-electron chi connectivity index (χ4n) is 7.12. The van der Waals surface area contributed by atoms with Crippen LogP contribution in [0, 0.1) is 0 Å². The molecule has 2 atom stereocenters. The SMILES string of the molecule is CC/C=C\C/C=C\C/C=C\C/C=C\C/C=C\C/C=C\C/C=C\C/C=C\C/C=C\C/C=C\C/C=C\CCCCCC(=O)OC(COC(=O)CCCCCC/C=C\C/C=C\C/C=C\C/C=C\CC)COC(OCC[N+](C)(C)C)C(=O)[O-]. The van der Waals surface area contributed by atoms with Gasteiger partial charge in [0.1, 0.15) is 13.2 Å². The summed E-state index contributed by atoms with van der Waals surface area (Å²) in [6.45, 7) is 4.41. The lowest BCUT2D eigenvalue weighted by molar-refractivity contribution is -0.870. The lowest BCUT2D eigenvalue weighted by Crippen LogP contribution is -2.44. The molecule has 2 unspecified atom stereocenters. The number of aliphatic carboxylic acids is 1. The molecule has 0 aliphatic rings. The monoisotopic (exact) mass is 1090 g/mol. The number of unbranched alkanes of at least 4 members (excludes halogenated alkanes) is 7. The molecule has 0 amide bonds. The quantitative estimate of drug-likeness (QED) is 0.0195. The molecule has 0 aliphatic carbocycles. The van der Waals surface area contributed by atoms with Crippen LogP contribution in [0.1, 0.15) is 181 Å². The summed E-state index contributed by atoms with van der Waals surface area (Å²) >= 11 is 0. The smallest absolute Gasteiger partial charge is 0.306 e. The van der Waals surface area contributed by atoms with E-state index in [2.05, 4.69) is 196 Å². The van der Waals surface area contributed by atoms with Crippen LogP contribution in [0.25, 0.3) is 0 Å². The second-order valence-corrected chi connectivity index (χ2v) is 20.2. The maximum Gasteiger partial charge on any atom is 0.306 e. The average Bonchev–Trinajstić information content (AvgIpc) is 3.42. The molecule has 0 heterocycles. The van der Waals surface area contributed by atoms with E-state index in [0.29, 0.717) is 23.9 Å². The Morgan fingerprint density at radius 1 is 0.380 bits per heavy atom. The molecule has 0 bridgehead atoms. The number of carboxylic acids is 1. The van der Waals surface area contributed by atoms with Crippen LogP contribution in [0.15, 0.2) is 182 Å². The van der Waals surface area contributed by atoms with Crippen molar-refractivity contribution in [2.75, 3.05) is 47.5 Å². The predicted molar refractivity (Wildman–Crippen MR) is 333 cm³/mol. The van der Waals surface area contributed by atoms with Crippen molar-refractivity contribution in [3.63, 3.8) is 0 Å². The molecule has 79 heavy (non-hydrogen) atoms. The van der Waals surface area contributed by atoms with Crippen LogP contribution >= 0.6 is 0 Å². The third kappa shape index (κ3) is 59.9. The van der Waals surface area contributed by atoms with Crippen molar-refractivity contribution in [1.29, 1.82) is 0 Å². The first-order chi connectivity index (χ1) is 38.6. The Morgan fingerprint density at radius 2 is 0.684 bits per heavy atom. The minimum Gasteiger partial charge on any atom is -0.545 e. The summed E-state index contributed by atoms with van der Waals surface area (Å²) in [5, 5.41) is 11.8. The molecule has 0 fully saturated rings. The molecule has 0 saturated carbocycles. The van der Waals surface area contributed by atoms with Gasteiger partial charge in [0.2, 0.25) is 0 Å². The molecule has 0 aliphatic heterocycles. The van der Waals surface area contributed by atoms with Gasteiger partial charge in [-0.15, -0.1) is 0 Å². The number of esters is 2. The second kappa shape index (κ2) is 58.5. The van der Waals surface area contributed by atoms with Gasteiger partial charge in [-0.25, -0.2) is 0 Å². The van der Waals surface area contributed by atoms with Crippen LogP contribution in [0.4, 0.5) is 0 Å². The predicted octanol–water partition coefficient (Wildman–Crippen LogP) is 16.8. The maximum absolute atomic E-state index is 12.9. The van der Waals surface area contributed by atoms with Crippen molar-refractivity contribution in [1.82, 2.24) is 0 Å². The Hall–Kier alpha value is -5.61. The number of carboxylic acid groups (broad SMARTS) is 1. The van der Waals surface area contributed by atoms with Gasteiger partial charge in [-0.2, -0.15) is 0 Å². The zero-order chi connectivity index (χ0) is 57.6. The van der Waals surface area contributed by atoms with E-state index in [1.54, 1.807) is 0 Å². The Balaban J connectivity index is 4.36. The summed E-state index contributed by atoms with van der Waals surface area (Å²) in [5.74, 6) is -2.39. The number of hydrogen-bond donors (Lipinski definition) is 0. The van der Waals surface area contributed by atoms with E-state index in [-0.39, 0.29) is 32.7 Å². The summed E-state index contributed by atoms with van der Waals surface area (Å²) in [7, 11) is 5.88. The molecule has 440 valence electrons. The van der Waals surface area contributed by atoms with Gasteiger partial charge < -0.3 is 33.3 Å². The van der Waals surface area contributed by atoms with Crippen LogP contribution in [-0.2, 0) is 33.3 Å². The van der Waals surface area contributed by atoms with Crippen LogP contribution in [0.3, 0.4) is 0 Å². The summed E-state index contributed by atoms with van der Waals surface area (Å²) < 4.78 is 22.6. The molecule has 0 aromatic carbocycles. The third-order valence-corrected chi connectivity index (χ3v) is 11.6. The Kier molecular flexibility index (Phi) is 54.4. The summed E-state index contributed by atoms with van der Waals surface area (Å²) in [6.07, 6.45) is 86.6. The van der Waals surface area contributed by atoms with E-state index in [1.165, 1.54) is 0 Å². The Labute approximate surface area is 481 Å². The first-order valence-electron chi connectivity index (χ1n) is 29.9. The van der Waals surface area contributed by atoms with Crippen LogP contribution in [-0.4, -0.2) is 82.3 Å². The van der Waals surface area contributed by atoms with Gasteiger partial charge in [0.25, 0.3) is 0 Å². The number of likely N-dealkylation sites (N-methyl/N-ethyl adjacent to an activating group) is 1. The molecule has 0 radical (unpaired) electrons. The number of quaternary nitrogens is 1. The van der Waals surface area contributed by atoms with Gasteiger partial charge in [0.05, 0.1) is 40.3 Å². The largest absolute Gasteiger partial charge is 0.545 e. The third-order valence-electron chi connectivity index (χ3n) is 11.6. The first kappa shape index (κ1) is 73.4. The lowest BCUT2D eigenvalue weighted by atomic mass is 10.1. The highest BCUT2D eigenvalue weighted by atomic mass is 16.7. The van der Waals surface area contributed by atoms with E-state index in [1.807, 2.05) is 21.1 Å². The molecular weight excluding hydrogens is 983 g/mol. The number of carbonyl (C=O) groups is 3. The van der Waals surface area contributed by atoms with Gasteiger partial charge in [-0.05, 0) is 135 Å². The molecule has 9 heteroatoms. The zero-order valence-electron chi connectivity index (χ0n) is 49.9. The Bertz CT molecular complexity index is 1940. The maximum atomic E-state index is 12.9. The van der Waals surface area contributed by atoms with Crippen molar-refractivity contribution >= 4 is 17.9 Å². The number of carbonyl (C=O) groups excluding carboxylic acids is 3. The van der Waals surface area contributed by atoms with E-state index < -0.39 is 30.3 Å². The fraction of sp³-hybridized carbons (Fsp3) is 0.529. The van der Waals surface area contributed by atoms with Gasteiger partial charge in [-0.3, -0.25) is 9.59 Å². The number of ether oxygens (including phenoxy) is 4. The molecule has 0 N–H and O–H groups in total. The van der Waals surface area contributed by atoms with E-state index in [9.17, 15) is 19.5 Å². The van der Waals surface area contributed by atoms with Gasteiger partial charge in [0.15, 0.2) is 12.4 Å². The highest BCUT2D eigenvalue weighted by Gasteiger charge is 2.22. The number of nitrogens with zero attached hydrogens (tertiary/aromatic N) is 1. The number of rotatable bonds is 52. The van der Waals surface area contributed by atoms with Crippen LogP contribution in [0.5, 0.6) is 0 Å². The molecule has 0 saturated heterocycles. The van der Waals surface area contributed by atoms with E-state index in [4.69, 9.17) is 18.9 Å². The van der Waals surface area contributed by atoms with Crippen molar-refractivity contribution in [3.05, 3.63) is 182 Å². The van der Waals surface area contributed by atoms with Crippen LogP contribution in [0.2, 0.25) is 0 Å².